The lowest BCUT2D eigenvalue weighted by molar-refractivity contribution is 0.00550. The molecule has 0 amide bonds. The van der Waals surface area contributed by atoms with Gasteiger partial charge < -0.3 is 19.4 Å². The van der Waals surface area contributed by atoms with Crippen molar-refractivity contribution in [1.29, 1.82) is 0 Å². The molecule has 2 unspecified atom stereocenters. The van der Waals surface area contributed by atoms with Gasteiger partial charge in [0.1, 0.15) is 17.0 Å². The first-order valence-electron chi connectivity index (χ1n) is 17.1. The van der Waals surface area contributed by atoms with E-state index in [4.69, 9.17) is 26.2 Å². The highest BCUT2D eigenvalue weighted by atomic mass is 35.5. The maximum atomic E-state index is 14.3. The van der Waals surface area contributed by atoms with Crippen LogP contribution in [0, 0.1) is 13.8 Å². The van der Waals surface area contributed by atoms with Crippen LogP contribution < -0.4 is 10.1 Å². The average molecular weight is 668 g/mol. The number of rotatable bonds is 10. The number of fused-ring (bicyclic) bond motifs is 4. The lowest BCUT2D eigenvalue weighted by atomic mass is 9.91. The third-order valence-corrected chi connectivity index (χ3v) is 10.2. The van der Waals surface area contributed by atoms with Crippen molar-refractivity contribution >= 4 is 39.2 Å². The standard InChI is InChI=1S/C39H46ClN5O3/c1-24-34(25(2)43(6)42-24)35-32(40)17-16-31-30(14-10-20-47-33-15-9-12-26-11-7-8-13-29(26)33)37(38(46)48-39(3,4)5)45(36(31)35)19-18-44-22-27-21-28(23-44)41-27/h7-9,11-13,15-17,27-28,41H,10,14,18-23H2,1-6H3. The van der Waals surface area contributed by atoms with Crippen LogP contribution in [0.2, 0.25) is 5.02 Å². The van der Waals surface area contributed by atoms with Crippen molar-refractivity contribution in [3.63, 3.8) is 0 Å². The Morgan fingerprint density at radius 3 is 2.42 bits per heavy atom. The van der Waals surface area contributed by atoms with Crippen LogP contribution in [0.25, 0.3) is 32.8 Å². The van der Waals surface area contributed by atoms with E-state index in [2.05, 4.69) is 46.0 Å². The molecule has 0 spiro atoms. The van der Waals surface area contributed by atoms with Crippen molar-refractivity contribution in [2.75, 3.05) is 26.2 Å². The number of ether oxygens (including phenoxy) is 2. The normalized spacial score (nSPS) is 18.0. The number of piperazine rings is 1. The number of piperidine rings is 1. The van der Waals surface area contributed by atoms with Crippen LogP contribution in [0.1, 0.15) is 61.1 Å². The number of aryl methyl sites for hydroxylation is 3. The molecule has 8 rings (SSSR count). The molecule has 2 aromatic heterocycles. The highest BCUT2D eigenvalue weighted by molar-refractivity contribution is 6.35. The van der Waals surface area contributed by atoms with Gasteiger partial charge in [0.15, 0.2) is 0 Å². The number of hydrogen-bond donors (Lipinski definition) is 1. The van der Waals surface area contributed by atoms with Crippen molar-refractivity contribution in [3.05, 3.63) is 82.3 Å². The van der Waals surface area contributed by atoms with Gasteiger partial charge in [-0.15, -0.1) is 0 Å². The largest absolute Gasteiger partial charge is 0.493 e. The summed E-state index contributed by atoms with van der Waals surface area (Å²) < 4.78 is 16.6. The van der Waals surface area contributed by atoms with E-state index in [1.807, 2.05) is 69.8 Å². The van der Waals surface area contributed by atoms with Gasteiger partial charge in [0, 0.05) is 72.9 Å². The van der Waals surface area contributed by atoms with Gasteiger partial charge in [-0.25, -0.2) is 4.79 Å². The van der Waals surface area contributed by atoms with Crippen LogP contribution in [0.15, 0.2) is 54.6 Å². The molecule has 9 heteroatoms. The fraction of sp³-hybridized carbons (Fsp3) is 0.436. The van der Waals surface area contributed by atoms with E-state index in [-0.39, 0.29) is 5.97 Å². The van der Waals surface area contributed by atoms with Crippen LogP contribution in [-0.2, 0) is 24.8 Å². The van der Waals surface area contributed by atoms with Crippen LogP contribution >= 0.6 is 11.6 Å². The minimum absolute atomic E-state index is 0.312. The quantitative estimate of drug-likeness (QED) is 0.123. The highest BCUT2D eigenvalue weighted by Crippen LogP contribution is 2.42. The summed E-state index contributed by atoms with van der Waals surface area (Å²) in [6.45, 7) is 13.9. The highest BCUT2D eigenvalue weighted by Gasteiger charge is 2.37. The maximum absolute atomic E-state index is 14.3. The lowest BCUT2D eigenvalue weighted by Crippen LogP contribution is -2.66. The van der Waals surface area contributed by atoms with Crippen molar-refractivity contribution in [2.45, 2.75) is 78.1 Å². The fourth-order valence-electron chi connectivity index (χ4n) is 7.68. The molecule has 2 bridgehead atoms. The van der Waals surface area contributed by atoms with E-state index in [1.54, 1.807) is 0 Å². The second-order valence-corrected chi connectivity index (χ2v) is 14.9. The molecular formula is C39H46ClN5O3. The number of esters is 1. The number of benzene rings is 3. The molecule has 3 fully saturated rings. The molecule has 1 N–H and O–H groups in total. The first-order chi connectivity index (χ1) is 23.0. The molecule has 3 aromatic carbocycles. The predicted octanol–water partition coefficient (Wildman–Crippen LogP) is 7.48. The molecule has 0 radical (unpaired) electrons. The topological polar surface area (TPSA) is 73.6 Å². The summed E-state index contributed by atoms with van der Waals surface area (Å²) in [5.74, 6) is 0.557. The van der Waals surface area contributed by atoms with E-state index in [0.29, 0.717) is 42.4 Å². The number of halogens is 1. The van der Waals surface area contributed by atoms with Crippen molar-refractivity contribution < 1.29 is 14.3 Å². The van der Waals surface area contributed by atoms with Gasteiger partial charge in [-0.2, -0.15) is 5.10 Å². The van der Waals surface area contributed by atoms with E-state index in [1.165, 1.54) is 6.42 Å². The number of hydrogen-bond acceptors (Lipinski definition) is 6. The molecule has 0 aliphatic carbocycles. The van der Waals surface area contributed by atoms with Gasteiger partial charge in [-0.05, 0) is 77.0 Å². The van der Waals surface area contributed by atoms with Crippen LogP contribution in [-0.4, -0.2) is 69.1 Å². The van der Waals surface area contributed by atoms with Crippen LogP contribution in [0.4, 0.5) is 0 Å². The lowest BCUT2D eigenvalue weighted by Gasteiger charge is -2.48. The molecule has 3 saturated heterocycles. The summed E-state index contributed by atoms with van der Waals surface area (Å²) in [5.41, 5.74) is 5.76. The molecule has 2 atom stereocenters. The molecule has 48 heavy (non-hydrogen) atoms. The number of nitrogens with zero attached hydrogens (tertiary/aromatic N) is 4. The Kier molecular flexibility index (Phi) is 8.77. The van der Waals surface area contributed by atoms with Gasteiger partial charge in [0.2, 0.25) is 0 Å². The predicted molar refractivity (Wildman–Crippen MR) is 193 cm³/mol. The van der Waals surface area contributed by atoms with E-state index in [9.17, 15) is 4.79 Å². The zero-order valence-electron chi connectivity index (χ0n) is 28.9. The molecule has 252 valence electrons. The number of carbonyl (C=O) groups is 1. The number of aromatic nitrogens is 3. The smallest absolute Gasteiger partial charge is 0.355 e. The Labute approximate surface area is 287 Å². The van der Waals surface area contributed by atoms with Crippen molar-refractivity contribution in [3.8, 4) is 16.9 Å². The van der Waals surface area contributed by atoms with E-state index >= 15 is 0 Å². The second kappa shape index (κ2) is 12.9. The second-order valence-electron chi connectivity index (χ2n) is 14.5. The molecular weight excluding hydrogens is 622 g/mol. The van der Waals surface area contributed by atoms with Crippen molar-refractivity contribution in [2.24, 2.45) is 7.05 Å². The molecule has 5 aromatic rings. The summed E-state index contributed by atoms with van der Waals surface area (Å²) in [4.78, 5) is 16.8. The average Bonchev–Trinajstić information content (AvgIpc) is 3.48. The van der Waals surface area contributed by atoms with E-state index < -0.39 is 5.60 Å². The van der Waals surface area contributed by atoms with Gasteiger partial charge in [0.05, 0.1) is 22.8 Å². The summed E-state index contributed by atoms with van der Waals surface area (Å²) in [5, 5.41) is 12.3. The molecule has 5 heterocycles. The first kappa shape index (κ1) is 32.7. The molecule has 3 aliphatic heterocycles. The third kappa shape index (κ3) is 6.22. The molecule has 8 nitrogen and oxygen atoms in total. The molecule has 0 saturated carbocycles. The SMILES string of the molecule is Cc1nn(C)c(C)c1-c1c(Cl)ccc2c(CCCOc3cccc4ccccc34)c(C(=O)OC(C)(C)C)n(CCN3CC4CC(C3)N4)c12. The maximum Gasteiger partial charge on any atom is 0.355 e. The number of carbonyl (C=O) groups excluding carboxylic acids is 1. The van der Waals surface area contributed by atoms with Gasteiger partial charge in [-0.1, -0.05) is 54.1 Å². The first-order valence-corrected chi connectivity index (χ1v) is 17.5. The van der Waals surface area contributed by atoms with Gasteiger partial charge >= 0.3 is 5.97 Å². The minimum atomic E-state index is -0.649. The molecule has 3 aliphatic rings. The summed E-state index contributed by atoms with van der Waals surface area (Å²) in [6, 6.07) is 19.6. The fourth-order valence-corrected chi connectivity index (χ4v) is 7.93. The third-order valence-electron chi connectivity index (χ3n) is 9.84. The Balaban J connectivity index is 1.31. The Bertz CT molecular complexity index is 1980. The van der Waals surface area contributed by atoms with Gasteiger partial charge in [0.25, 0.3) is 0 Å². The van der Waals surface area contributed by atoms with Crippen LogP contribution in [0.3, 0.4) is 0 Å². The monoisotopic (exact) mass is 667 g/mol. The zero-order chi connectivity index (χ0) is 33.7. The van der Waals surface area contributed by atoms with Crippen molar-refractivity contribution in [1.82, 2.24) is 24.6 Å². The zero-order valence-corrected chi connectivity index (χ0v) is 29.7. The summed E-state index contributed by atoms with van der Waals surface area (Å²) in [6.07, 6.45) is 2.62. The van der Waals surface area contributed by atoms with Crippen LogP contribution in [0.5, 0.6) is 5.75 Å². The Morgan fingerprint density at radius 1 is 0.979 bits per heavy atom. The Hall–Kier alpha value is -3.85. The Morgan fingerprint density at radius 2 is 1.71 bits per heavy atom. The van der Waals surface area contributed by atoms with E-state index in [0.717, 1.165) is 81.6 Å². The number of nitrogens with one attached hydrogen (secondary N) is 1. The summed E-state index contributed by atoms with van der Waals surface area (Å²) in [7, 11) is 1.96. The van der Waals surface area contributed by atoms with Gasteiger partial charge in [-0.3, -0.25) is 9.58 Å². The summed E-state index contributed by atoms with van der Waals surface area (Å²) >= 11 is 7.12. The minimum Gasteiger partial charge on any atom is -0.493 e.